The fourth-order valence-electron chi connectivity index (χ4n) is 2.75. The molecule has 0 aliphatic heterocycles. The molecule has 1 aromatic carbocycles. The zero-order valence-electron chi connectivity index (χ0n) is 16.6. The molecule has 0 unspecified atom stereocenters. The van der Waals surface area contributed by atoms with Crippen molar-refractivity contribution in [2.75, 3.05) is 12.4 Å². The number of benzene rings is 1. The van der Waals surface area contributed by atoms with Gasteiger partial charge >= 0.3 is 0 Å². The molecule has 9 heteroatoms. The van der Waals surface area contributed by atoms with E-state index in [0.717, 1.165) is 11.3 Å². The van der Waals surface area contributed by atoms with E-state index >= 15 is 0 Å². The van der Waals surface area contributed by atoms with Gasteiger partial charge in [0.2, 0.25) is 5.91 Å². The number of carbonyl (C=O) groups is 1. The topological polar surface area (TPSA) is 86.9 Å². The second-order valence-electron chi connectivity index (χ2n) is 6.57. The summed E-state index contributed by atoms with van der Waals surface area (Å²) in [5, 5.41) is 16.0. The third-order valence-electron chi connectivity index (χ3n) is 4.24. The van der Waals surface area contributed by atoms with Crippen LogP contribution < -0.4 is 10.1 Å². The number of ether oxygens (including phenoxy) is 1. The number of carbonyl (C=O) groups excluding carboxylic acids is 1. The molecule has 1 atom stereocenters. The highest BCUT2D eigenvalue weighted by molar-refractivity contribution is 8.00. The molecule has 3 aromatic rings. The zero-order chi connectivity index (χ0) is 20.3. The Morgan fingerprint density at radius 3 is 2.64 bits per heavy atom. The first kappa shape index (κ1) is 19.9. The zero-order valence-corrected chi connectivity index (χ0v) is 17.4. The van der Waals surface area contributed by atoms with Gasteiger partial charge in [0.25, 0.3) is 0 Å². The van der Waals surface area contributed by atoms with Crippen molar-refractivity contribution in [3.8, 4) is 17.1 Å². The van der Waals surface area contributed by atoms with Gasteiger partial charge in [-0.25, -0.2) is 4.68 Å². The Kier molecular flexibility index (Phi) is 6.03. The van der Waals surface area contributed by atoms with Crippen molar-refractivity contribution in [1.29, 1.82) is 0 Å². The number of nitrogens with zero attached hydrogens (tertiary/aromatic N) is 5. The number of hydrogen-bond acceptors (Lipinski definition) is 6. The molecule has 0 bridgehead atoms. The molecule has 0 aliphatic rings. The maximum Gasteiger partial charge on any atom is 0.238 e. The standard InChI is InChI=1S/C19H24N6O2S/c1-12(2)25-16(10-11-20-25)21-18(26)13(3)28-19-23-22-17(24(19)4)14-8-6-7-9-15(14)27-5/h6-13H,1-5H3,(H,21,26)/t13-/m1/s1. The number of methoxy groups -OCH3 is 1. The van der Waals surface area contributed by atoms with Gasteiger partial charge in [-0.2, -0.15) is 5.10 Å². The van der Waals surface area contributed by atoms with E-state index in [0.29, 0.717) is 16.8 Å². The maximum atomic E-state index is 12.6. The molecule has 28 heavy (non-hydrogen) atoms. The minimum Gasteiger partial charge on any atom is -0.496 e. The van der Waals surface area contributed by atoms with Gasteiger partial charge < -0.3 is 14.6 Å². The van der Waals surface area contributed by atoms with E-state index in [4.69, 9.17) is 4.74 Å². The number of para-hydroxylation sites is 1. The van der Waals surface area contributed by atoms with Crippen molar-refractivity contribution in [3.63, 3.8) is 0 Å². The lowest BCUT2D eigenvalue weighted by molar-refractivity contribution is -0.115. The molecule has 0 radical (unpaired) electrons. The number of nitrogens with one attached hydrogen (secondary N) is 1. The van der Waals surface area contributed by atoms with Crippen LogP contribution in [0, 0.1) is 0 Å². The molecule has 0 saturated heterocycles. The fourth-order valence-corrected chi connectivity index (χ4v) is 3.56. The predicted molar refractivity (Wildman–Crippen MR) is 110 cm³/mol. The lowest BCUT2D eigenvalue weighted by Gasteiger charge is -2.14. The minimum atomic E-state index is -0.357. The normalized spacial score (nSPS) is 12.2. The van der Waals surface area contributed by atoms with Crippen LogP contribution in [0.15, 0.2) is 41.7 Å². The second-order valence-corrected chi connectivity index (χ2v) is 7.88. The lowest BCUT2D eigenvalue weighted by atomic mass is 10.2. The van der Waals surface area contributed by atoms with Crippen molar-refractivity contribution in [1.82, 2.24) is 24.5 Å². The first-order valence-electron chi connectivity index (χ1n) is 8.96. The van der Waals surface area contributed by atoms with E-state index in [1.54, 1.807) is 24.1 Å². The Labute approximate surface area is 168 Å². The first-order chi connectivity index (χ1) is 13.4. The number of rotatable bonds is 7. The van der Waals surface area contributed by atoms with Gasteiger partial charge in [-0.05, 0) is 32.9 Å². The Morgan fingerprint density at radius 1 is 1.18 bits per heavy atom. The van der Waals surface area contributed by atoms with Crippen LogP contribution in [-0.2, 0) is 11.8 Å². The maximum absolute atomic E-state index is 12.6. The average Bonchev–Trinajstić information content (AvgIpc) is 3.29. The molecule has 1 amide bonds. The summed E-state index contributed by atoms with van der Waals surface area (Å²) < 4.78 is 9.05. The highest BCUT2D eigenvalue weighted by Gasteiger charge is 2.21. The third-order valence-corrected chi connectivity index (χ3v) is 5.38. The number of anilines is 1. The Morgan fingerprint density at radius 2 is 1.93 bits per heavy atom. The molecule has 3 rings (SSSR count). The molecular formula is C19H24N6O2S. The Hall–Kier alpha value is -2.81. The minimum absolute atomic E-state index is 0.116. The average molecular weight is 401 g/mol. The van der Waals surface area contributed by atoms with Gasteiger partial charge in [0.1, 0.15) is 11.6 Å². The van der Waals surface area contributed by atoms with E-state index in [-0.39, 0.29) is 17.2 Å². The van der Waals surface area contributed by atoms with Crippen LogP contribution in [-0.4, -0.2) is 42.8 Å². The summed E-state index contributed by atoms with van der Waals surface area (Å²) in [5.41, 5.74) is 0.852. The van der Waals surface area contributed by atoms with Crippen molar-refractivity contribution in [3.05, 3.63) is 36.5 Å². The summed E-state index contributed by atoms with van der Waals surface area (Å²) in [4.78, 5) is 12.6. The Bertz CT molecular complexity index is 965. The molecule has 2 heterocycles. The van der Waals surface area contributed by atoms with Crippen LogP contribution in [0.1, 0.15) is 26.8 Å². The first-order valence-corrected chi connectivity index (χ1v) is 9.84. The van der Waals surface area contributed by atoms with Gasteiger partial charge in [-0.1, -0.05) is 23.9 Å². The van der Waals surface area contributed by atoms with Crippen LogP contribution >= 0.6 is 11.8 Å². The monoisotopic (exact) mass is 400 g/mol. The fraction of sp³-hybridized carbons (Fsp3) is 0.368. The lowest BCUT2D eigenvalue weighted by Crippen LogP contribution is -2.25. The molecule has 148 valence electrons. The number of hydrogen-bond donors (Lipinski definition) is 1. The SMILES string of the molecule is COc1ccccc1-c1nnc(S[C@H](C)C(=O)Nc2ccnn2C(C)C)n1C. The molecule has 0 saturated carbocycles. The molecular weight excluding hydrogens is 376 g/mol. The van der Waals surface area contributed by atoms with E-state index in [1.807, 2.05) is 56.7 Å². The number of thioether (sulfide) groups is 1. The summed E-state index contributed by atoms with van der Waals surface area (Å²) in [7, 11) is 3.50. The van der Waals surface area contributed by atoms with E-state index in [9.17, 15) is 4.79 Å². The highest BCUT2D eigenvalue weighted by Crippen LogP contribution is 2.31. The Balaban J connectivity index is 1.74. The molecule has 1 N–H and O–H groups in total. The molecule has 0 aliphatic carbocycles. The third kappa shape index (κ3) is 4.04. The van der Waals surface area contributed by atoms with Crippen LogP contribution in [0.3, 0.4) is 0 Å². The number of aromatic nitrogens is 5. The van der Waals surface area contributed by atoms with Crippen LogP contribution in [0.5, 0.6) is 5.75 Å². The van der Waals surface area contributed by atoms with Gasteiger partial charge in [-0.15, -0.1) is 10.2 Å². The quantitative estimate of drug-likeness (QED) is 0.612. The van der Waals surface area contributed by atoms with Crippen molar-refractivity contribution in [2.45, 2.75) is 37.2 Å². The predicted octanol–water partition coefficient (Wildman–Crippen LogP) is 3.39. The summed E-state index contributed by atoms with van der Waals surface area (Å²) in [5.74, 6) is 1.97. The van der Waals surface area contributed by atoms with E-state index in [2.05, 4.69) is 20.6 Å². The van der Waals surface area contributed by atoms with Gasteiger partial charge in [-0.3, -0.25) is 4.79 Å². The van der Waals surface area contributed by atoms with Crippen LogP contribution in [0.25, 0.3) is 11.4 Å². The van der Waals surface area contributed by atoms with E-state index in [1.165, 1.54) is 11.8 Å². The summed E-state index contributed by atoms with van der Waals surface area (Å²) >= 11 is 1.35. The summed E-state index contributed by atoms with van der Waals surface area (Å²) in [6.07, 6.45) is 1.68. The summed E-state index contributed by atoms with van der Waals surface area (Å²) in [6.45, 7) is 5.87. The van der Waals surface area contributed by atoms with Gasteiger partial charge in [0.05, 0.1) is 24.1 Å². The highest BCUT2D eigenvalue weighted by atomic mass is 32.2. The largest absolute Gasteiger partial charge is 0.496 e. The van der Waals surface area contributed by atoms with Gasteiger partial charge in [0.15, 0.2) is 11.0 Å². The second kappa shape index (κ2) is 8.47. The summed E-state index contributed by atoms with van der Waals surface area (Å²) in [6, 6.07) is 9.59. The van der Waals surface area contributed by atoms with Crippen molar-refractivity contribution in [2.24, 2.45) is 7.05 Å². The molecule has 0 fully saturated rings. The van der Waals surface area contributed by atoms with Crippen molar-refractivity contribution >= 4 is 23.5 Å². The van der Waals surface area contributed by atoms with Gasteiger partial charge in [0, 0.05) is 19.2 Å². The van der Waals surface area contributed by atoms with Crippen molar-refractivity contribution < 1.29 is 9.53 Å². The van der Waals surface area contributed by atoms with Crippen LogP contribution in [0.4, 0.5) is 5.82 Å². The molecule has 0 spiro atoms. The smallest absolute Gasteiger partial charge is 0.238 e. The number of amides is 1. The molecule has 8 nitrogen and oxygen atoms in total. The molecule has 2 aromatic heterocycles. The van der Waals surface area contributed by atoms with E-state index < -0.39 is 0 Å². The van der Waals surface area contributed by atoms with Crippen LogP contribution in [0.2, 0.25) is 0 Å².